The fourth-order valence-electron chi connectivity index (χ4n) is 6.60. The van der Waals surface area contributed by atoms with E-state index >= 15 is 0 Å². The average molecular weight is 660 g/mol. The number of nitro benzene ring substituents is 1. The molecule has 3 aliphatic rings. The highest BCUT2D eigenvalue weighted by Crippen LogP contribution is 2.58. The molecule has 14 nitrogen and oxygen atoms in total. The largest absolute Gasteiger partial charge is 0.469 e. The maximum absolute atomic E-state index is 14.0. The fraction of sp³-hybridized carbons (Fsp3) is 0.281. The van der Waals surface area contributed by atoms with E-state index in [-0.39, 0.29) is 29.7 Å². The highest BCUT2D eigenvalue weighted by Gasteiger charge is 2.61. The zero-order valence-electron chi connectivity index (χ0n) is 25.3. The minimum atomic E-state index is -4.58. The standard InChI is InChI=1S/C32H29N5O9S/c1-16(2)25-29-35-26(30(39)44-3)27(46-29)32-18-8-4-5-9-20(18)33-31(32)45-23-13-12-17(14-19(23)32)15-21(28(38)34-25)36-47(42,43)24-11-7-6-10-22(24)37(40)41/h4-14,16,21,25,31,33,36H,15H2,1-3H3,(H,34,38)/t21-,25-,31+,32?/m0/s1. The molecule has 0 saturated carbocycles. The number of nitrogens with one attached hydrogen (secondary N) is 3. The number of amides is 1. The number of benzene rings is 3. The van der Waals surface area contributed by atoms with E-state index in [2.05, 4.69) is 20.3 Å². The third kappa shape index (κ3) is 4.64. The number of nitrogens with zero attached hydrogens (tertiary/aromatic N) is 2. The normalized spacial score (nSPS) is 22.6. The van der Waals surface area contributed by atoms with E-state index in [0.29, 0.717) is 16.9 Å². The Hall–Kier alpha value is -5.28. The smallest absolute Gasteiger partial charge is 0.360 e. The number of methoxy groups -OCH3 is 1. The first-order chi connectivity index (χ1) is 22.4. The van der Waals surface area contributed by atoms with Gasteiger partial charge in [-0.1, -0.05) is 56.3 Å². The van der Waals surface area contributed by atoms with Gasteiger partial charge < -0.3 is 24.5 Å². The summed E-state index contributed by atoms with van der Waals surface area (Å²) in [5.74, 6) is -1.17. The second-order valence-electron chi connectivity index (χ2n) is 11.9. The van der Waals surface area contributed by atoms with Gasteiger partial charge in [0.25, 0.3) is 5.69 Å². The molecule has 0 radical (unpaired) electrons. The first-order valence-electron chi connectivity index (χ1n) is 14.8. The molecule has 1 aromatic heterocycles. The van der Waals surface area contributed by atoms with Crippen molar-refractivity contribution >= 4 is 33.3 Å². The van der Waals surface area contributed by atoms with Crippen LogP contribution in [0, 0.1) is 16.0 Å². The van der Waals surface area contributed by atoms with Crippen molar-refractivity contribution in [3.8, 4) is 5.75 Å². The summed E-state index contributed by atoms with van der Waals surface area (Å²) in [6.45, 7) is 3.61. The summed E-state index contributed by atoms with van der Waals surface area (Å²) in [6.07, 6.45) is -0.882. The van der Waals surface area contributed by atoms with E-state index in [1.165, 1.54) is 19.2 Å². The molecule has 1 unspecified atom stereocenters. The summed E-state index contributed by atoms with van der Waals surface area (Å²) in [7, 11) is -3.35. The number of nitro groups is 1. The summed E-state index contributed by atoms with van der Waals surface area (Å²) in [5, 5.41) is 17.9. The number of hydrogen-bond donors (Lipinski definition) is 3. The number of ether oxygens (including phenoxy) is 2. The highest BCUT2D eigenvalue weighted by atomic mass is 32.2. The van der Waals surface area contributed by atoms with Crippen LogP contribution in [0.2, 0.25) is 0 Å². The van der Waals surface area contributed by atoms with Crippen molar-refractivity contribution in [2.24, 2.45) is 5.92 Å². The molecule has 0 fully saturated rings. The lowest BCUT2D eigenvalue weighted by molar-refractivity contribution is -0.387. The maximum atomic E-state index is 14.0. The van der Waals surface area contributed by atoms with Crippen LogP contribution in [0.4, 0.5) is 11.4 Å². The lowest BCUT2D eigenvalue weighted by Gasteiger charge is -2.28. The lowest BCUT2D eigenvalue weighted by atomic mass is 9.72. The molecule has 242 valence electrons. The molecule has 4 aromatic rings. The fourth-order valence-corrected chi connectivity index (χ4v) is 7.97. The molecular weight excluding hydrogens is 630 g/mol. The predicted molar refractivity (Wildman–Crippen MR) is 165 cm³/mol. The summed E-state index contributed by atoms with van der Waals surface area (Å²) in [6, 6.07) is 15.2. The van der Waals surface area contributed by atoms with Gasteiger partial charge in [0.15, 0.2) is 22.6 Å². The zero-order valence-corrected chi connectivity index (χ0v) is 26.2. The maximum Gasteiger partial charge on any atom is 0.360 e. The first kappa shape index (κ1) is 30.4. The molecule has 7 rings (SSSR count). The number of carbonyl (C=O) groups is 2. The van der Waals surface area contributed by atoms with Crippen molar-refractivity contribution < 1.29 is 36.8 Å². The van der Waals surface area contributed by atoms with Gasteiger partial charge in [0.2, 0.25) is 21.8 Å². The Morgan fingerprint density at radius 1 is 1.11 bits per heavy atom. The van der Waals surface area contributed by atoms with Crippen LogP contribution in [0.5, 0.6) is 5.75 Å². The molecule has 3 aliphatic heterocycles. The molecule has 4 heterocycles. The number of oxazole rings is 1. The number of hydrogen-bond acceptors (Lipinski definition) is 11. The predicted octanol–water partition coefficient (Wildman–Crippen LogP) is 3.56. The van der Waals surface area contributed by atoms with E-state index in [9.17, 15) is 28.1 Å². The lowest BCUT2D eigenvalue weighted by Crippen LogP contribution is -2.49. The molecular formula is C32H29N5O9S. The van der Waals surface area contributed by atoms with Gasteiger partial charge in [0.05, 0.1) is 12.0 Å². The Labute approximate surface area is 268 Å². The molecule has 0 saturated heterocycles. The van der Waals surface area contributed by atoms with Crippen LogP contribution >= 0.6 is 0 Å². The highest BCUT2D eigenvalue weighted by molar-refractivity contribution is 7.89. The zero-order chi connectivity index (χ0) is 33.2. The second-order valence-corrected chi connectivity index (χ2v) is 13.6. The quantitative estimate of drug-likeness (QED) is 0.156. The van der Waals surface area contributed by atoms with Gasteiger partial charge in [-0.15, -0.1) is 0 Å². The third-order valence-corrected chi connectivity index (χ3v) is 10.3. The van der Waals surface area contributed by atoms with Crippen LogP contribution in [0.15, 0.2) is 76.0 Å². The molecule has 3 aromatic carbocycles. The number of carbonyl (C=O) groups excluding carboxylic acids is 2. The molecule has 15 heteroatoms. The van der Waals surface area contributed by atoms with Crippen molar-refractivity contribution in [3.63, 3.8) is 0 Å². The molecule has 47 heavy (non-hydrogen) atoms. The van der Waals surface area contributed by atoms with Crippen LogP contribution in [0.25, 0.3) is 0 Å². The van der Waals surface area contributed by atoms with Crippen LogP contribution < -0.4 is 20.1 Å². The number of sulfonamides is 1. The molecule has 3 N–H and O–H groups in total. The summed E-state index contributed by atoms with van der Waals surface area (Å²) >= 11 is 0. The molecule has 1 spiro atoms. The van der Waals surface area contributed by atoms with Crippen LogP contribution in [-0.2, 0) is 31.4 Å². The van der Waals surface area contributed by atoms with Crippen molar-refractivity contribution in [1.82, 2.24) is 15.0 Å². The third-order valence-electron chi connectivity index (χ3n) is 8.76. The Balaban J connectivity index is 1.44. The van der Waals surface area contributed by atoms with Crippen molar-refractivity contribution in [1.29, 1.82) is 0 Å². The van der Waals surface area contributed by atoms with Gasteiger partial charge in [0, 0.05) is 17.3 Å². The van der Waals surface area contributed by atoms with Crippen LogP contribution in [0.1, 0.15) is 58.7 Å². The molecule has 4 atom stereocenters. The summed E-state index contributed by atoms with van der Waals surface area (Å²) in [4.78, 5) is 42.2. The van der Waals surface area contributed by atoms with E-state index in [4.69, 9.17) is 13.9 Å². The van der Waals surface area contributed by atoms with E-state index in [0.717, 1.165) is 23.4 Å². The topological polar surface area (TPSA) is 192 Å². The molecule has 4 bridgehead atoms. The van der Waals surface area contributed by atoms with Gasteiger partial charge in [-0.05, 0) is 41.7 Å². The van der Waals surface area contributed by atoms with Crippen molar-refractivity contribution in [3.05, 3.63) is 111 Å². The number of anilines is 1. The van der Waals surface area contributed by atoms with Gasteiger partial charge >= 0.3 is 5.97 Å². The Morgan fingerprint density at radius 3 is 2.60 bits per heavy atom. The number of esters is 1. The monoisotopic (exact) mass is 659 g/mol. The van der Waals surface area contributed by atoms with Crippen molar-refractivity contribution in [2.75, 3.05) is 12.4 Å². The minimum Gasteiger partial charge on any atom is -0.469 e. The number of aromatic nitrogens is 1. The molecule has 0 aliphatic carbocycles. The van der Waals surface area contributed by atoms with E-state index < -0.39 is 61.1 Å². The molecule has 1 amide bonds. The number of fused-ring (bicyclic) bond motifs is 4. The minimum absolute atomic E-state index is 0.00624. The summed E-state index contributed by atoms with van der Waals surface area (Å²) < 4.78 is 47.7. The van der Waals surface area contributed by atoms with Crippen molar-refractivity contribution in [2.45, 2.75) is 48.9 Å². The van der Waals surface area contributed by atoms with Crippen LogP contribution in [-0.4, -0.2) is 49.6 Å². The summed E-state index contributed by atoms with van der Waals surface area (Å²) in [5.41, 5.74) is 0.701. The SMILES string of the molecule is COC(=O)c1nc2oc1C13c4ccccc4N[C@@H]1Oc1ccc(cc13)C[C@H](NS(=O)(=O)c1ccccc1[N+](=O)[O-])C(=O)N[C@H]2C(C)C. The first-order valence-corrected chi connectivity index (χ1v) is 16.3. The Kier molecular flexibility index (Phi) is 7.05. The van der Waals surface area contributed by atoms with Gasteiger partial charge in [-0.3, -0.25) is 14.9 Å². The average Bonchev–Trinajstić information content (AvgIpc) is 3.71. The van der Waals surface area contributed by atoms with Gasteiger partial charge in [-0.25, -0.2) is 18.2 Å². The van der Waals surface area contributed by atoms with E-state index in [1.54, 1.807) is 32.0 Å². The number of rotatable bonds is 6. The number of para-hydroxylation sites is 2. The van der Waals surface area contributed by atoms with Crippen LogP contribution in [0.3, 0.4) is 0 Å². The Morgan fingerprint density at radius 2 is 1.85 bits per heavy atom. The Bertz CT molecular complexity index is 2080. The van der Waals surface area contributed by atoms with Gasteiger partial charge in [0.1, 0.15) is 23.2 Å². The van der Waals surface area contributed by atoms with E-state index in [1.807, 2.05) is 24.3 Å². The van der Waals surface area contributed by atoms with Gasteiger partial charge in [-0.2, -0.15) is 4.72 Å². The second kappa shape index (κ2) is 10.9.